The summed E-state index contributed by atoms with van der Waals surface area (Å²) in [5.74, 6) is -0.857. The summed E-state index contributed by atoms with van der Waals surface area (Å²) in [4.78, 5) is 28.6. The Balaban J connectivity index is 1.97. The van der Waals surface area contributed by atoms with Gasteiger partial charge in [-0.3, -0.25) is 14.6 Å². The molecule has 3 nitrogen and oxygen atoms in total. The second-order valence-electron chi connectivity index (χ2n) is 4.49. The summed E-state index contributed by atoms with van der Waals surface area (Å²) >= 11 is 3.43. The van der Waals surface area contributed by atoms with Gasteiger partial charge in [-0.15, -0.1) is 0 Å². The van der Waals surface area contributed by atoms with E-state index in [1.807, 2.05) is 12.1 Å². The topological polar surface area (TPSA) is 47.0 Å². The van der Waals surface area contributed by atoms with Crippen molar-refractivity contribution in [1.82, 2.24) is 4.98 Å². The lowest BCUT2D eigenvalue weighted by molar-refractivity contribution is 0.0822. The number of aromatic nitrogens is 1. The van der Waals surface area contributed by atoms with E-state index in [2.05, 4.69) is 20.9 Å². The lowest BCUT2D eigenvalue weighted by Crippen LogP contribution is -2.20. The molecule has 1 aromatic carbocycles. The molecular weight excluding hydrogens is 306 g/mol. The second-order valence-corrected chi connectivity index (χ2v) is 5.35. The number of carbonyl (C=O) groups excluding carboxylic acids is 2. The molecule has 4 heteroatoms. The Hall–Kier alpha value is -1.81. The van der Waals surface area contributed by atoms with Crippen LogP contribution in [0.25, 0.3) is 0 Å². The molecule has 0 amide bonds. The molecule has 0 fully saturated rings. The van der Waals surface area contributed by atoms with Crippen LogP contribution >= 0.6 is 15.9 Å². The van der Waals surface area contributed by atoms with Crippen LogP contribution in [0.15, 0.2) is 47.2 Å². The molecule has 94 valence electrons. The summed E-state index contributed by atoms with van der Waals surface area (Å²) in [5, 5.41) is 0. The van der Waals surface area contributed by atoms with Gasteiger partial charge in [0.2, 0.25) is 0 Å². The van der Waals surface area contributed by atoms with Crippen LogP contribution in [0.5, 0.6) is 0 Å². The summed E-state index contributed by atoms with van der Waals surface area (Å²) in [6.07, 6.45) is 3.58. The fourth-order valence-electron chi connectivity index (χ4n) is 2.40. The molecule has 1 aromatic heterocycles. The first-order valence-electron chi connectivity index (χ1n) is 5.94. The van der Waals surface area contributed by atoms with E-state index in [1.165, 1.54) is 6.20 Å². The zero-order valence-corrected chi connectivity index (χ0v) is 11.6. The maximum Gasteiger partial charge on any atom is 0.175 e. The third-order valence-electron chi connectivity index (χ3n) is 3.37. The van der Waals surface area contributed by atoms with Crippen LogP contribution in [-0.4, -0.2) is 16.6 Å². The number of hydrogen-bond acceptors (Lipinski definition) is 3. The standard InChI is InChI=1S/C15H10BrNO2/c16-13-5-1-4-10-11(13)7-12(15(10)19)14(18)9-3-2-6-17-8-9/h1-6,8,12H,7H2. The lowest BCUT2D eigenvalue weighted by Gasteiger charge is -2.06. The average Bonchev–Trinajstić information content (AvgIpc) is 2.78. The highest BCUT2D eigenvalue weighted by Crippen LogP contribution is 2.33. The number of Topliss-reactive ketones (excluding diaryl/α,β-unsaturated/α-hetero) is 2. The molecule has 0 N–H and O–H groups in total. The van der Waals surface area contributed by atoms with Crippen molar-refractivity contribution in [3.05, 3.63) is 63.9 Å². The Morgan fingerprint density at radius 1 is 1.26 bits per heavy atom. The Kier molecular flexibility index (Phi) is 3.03. The fourth-order valence-corrected chi connectivity index (χ4v) is 2.93. The van der Waals surface area contributed by atoms with E-state index < -0.39 is 5.92 Å². The van der Waals surface area contributed by atoms with E-state index in [9.17, 15) is 9.59 Å². The zero-order valence-electron chi connectivity index (χ0n) is 9.97. The van der Waals surface area contributed by atoms with E-state index in [1.54, 1.807) is 24.4 Å². The smallest absolute Gasteiger partial charge is 0.175 e. The van der Waals surface area contributed by atoms with Crippen molar-refractivity contribution in [2.24, 2.45) is 5.92 Å². The number of fused-ring (bicyclic) bond motifs is 1. The van der Waals surface area contributed by atoms with Crippen molar-refractivity contribution >= 4 is 27.5 Å². The number of ketones is 2. The van der Waals surface area contributed by atoms with Gasteiger partial charge in [0, 0.05) is 28.0 Å². The number of carbonyl (C=O) groups is 2. The second kappa shape index (κ2) is 4.70. The minimum absolute atomic E-state index is 0.0925. The van der Waals surface area contributed by atoms with Gasteiger partial charge < -0.3 is 0 Å². The van der Waals surface area contributed by atoms with Gasteiger partial charge in [-0.2, -0.15) is 0 Å². The largest absolute Gasteiger partial charge is 0.293 e. The molecule has 0 bridgehead atoms. The number of hydrogen-bond donors (Lipinski definition) is 0. The Labute approximate surface area is 118 Å². The van der Waals surface area contributed by atoms with E-state index in [4.69, 9.17) is 0 Å². The van der Waals surface area contributed by atoms with E-state index in [0.717, 1.165) is 10.0 Å². The maximum absolute atomic E-state index is 12.4. The summed E-state index contributed by atoms with van der Waals surface area (Å²) in [6, 6.07) is 8.89. The van der Waals surface area contributed by atoms with Crippen LogP contribution in [0.2, 0.25) is 0 Å². The van der Waals surface area contributed by atoms with Crippen molar-refractivity contribution in [2.45, 2.75) is 6.42 Å². The number of nitrogens with zero attached hydrogens (tertiary/aromatic N) is 1. The molecule has 2 aromatic rings. The first-order valence-corrected chi connectivity index (χ1v) is 6.73. The Bertz CT molecular complexity index is 667. The Morgan fingerprint density at radius 3 is 2.79 bits per heavy atom. The Morgan fingerprint density at radius 2 is 2.11 bits per heavy atom. The van der Waals surface area contributed by atoms with Crippen LogP contribution in [0, 0.1) is 5.92 Å². The highest BCUT2D eigenvalue weighted by molar-refractivity contribution is 9.10. The molecule has 1 atom stereocenters. The van der Waals surface area contributed by atoms with Crippen molar-refractivity contribution in [3.63, 3.8) is 0 Å². The predicted molar refractivity (Wildman–Crippen MR) is 74.2 cm³/mol. The molecular formula is C15H10BrNO2. The van der Waals surface area contributed by atoms with Gasteiger partial charge in [0.15, 0.2) is 11.6 Å². The number of pyridine rings is 1. The van der Waals surface area contributed by atoms with Crippen LogP contribution in [-0.2, 0) is 6.42 Å². The predicted octanol–water partition coefficient (Wildman–Crippen LogP) is 3.08. The minimum Gasteiger partial charge on any atom is -0.293 e. The average molecular weight is 316 g/mol. The fraction of sp³-hybridized carbons (Fsp3) is 0.133. The van der Waals surface area contributed by atoms with Gasteiger partial charge in [-0.25, -0.2) is 0 Å². The number of halogens is 1. The highest BCUT2D eigenvalue weighted by atomic mass is 79.9. The highest BCUT2D eigenvalue weighted by Gasteiger charge is 2.36. The molecule has 0 spiro atoms. The first kappa shape index (κ1) is 12.2. The van der Waals surface area contributed by atoms with Crippen LogP contribution < -0.4 is 0 Å². The third-order valence-corrected chi connectivity index (χ3v) is 4.11. The quantitative estimate of drug-likeness (QED) is 0.632. The van der Waals surface area contributed by atoms with Crippen LogP contribution in [0.3, 0.4) is 0 Å². The van der Waals surface area contributed by atoms with Crippen LogP contribution in [0.4, 0.5) is 0 Å². The molecule has 0 aliphatic heterocycles. The van der Waals surface area contributed by atoms with Gasteiger partial charge in [-0.1, -0.05) is 28.1 Å². The SMILES string of the molecule is O=C(c1cccnc1)C1Cc2c(Br)cccc2C1=O. The molecule has 1 aliphatic carbocycles. The van der Waals surface area contributed by atoms with E-state index in [-0.39, 0.29) is 11.6 Å². The maximum atomic E-state index is 12.4. The van der Waals surface area contributed by atoms with Crippen molar-refractivity contribution < 1.29 is 9.59 Å². The normalized spacial score (nSPS) is 17.3. The molecule has 1 heterocycles. The molecule has 0 saturated heterocycles. The number of rotatable bonds is 2. The van der Waals surface area contributed by atoms with Crippen molar-refractivity contribution in [2.75, 3.05) is 0 Å². The molecule has 0 saturated carbocycles. The first-order chi connectivity index (χ1) is 9.18. The van der Waals surface area contributed by atoms with Gasteiger partial charge in [-0.05, 0) is 30.2 Å². The monoisotopic (exact) mass is 315 g/mol. The van der Waals surface area contributed by atoms with E-state index in [0.29, 0.717) is 17.5 Å². The summed E-state index contributed by atoms with van der Waals surface area (Å²) < 4.78 is 0.889. The van der Waals surface area contributed by atoms with Gasteiger partial charge in [0.1, 0.15) is 0 Å². The van der Waals surface area contributed by atoms with Crippen LogP contribution in [0.1, 0.15) is 26.3 Å². The molecule has 3 rings (SSSR count). The summed E-state index contributed by atoms with van der Waals surface area (Å²) in [7, 11) is 0. The summed E-state index contributed by atoms with van der Waals surface area (Å²) in [5.41, 5.74) is 2.07. The number of benzene rings is 1. The van der Waals surface area contributed by atoms with Crippen molar-refractivity contribution in [1.29, 1.82) is 0 Å². The van der Waals surface area contributed by atoms with Gasteiger partial charge in [0.05, 0.1) is 5.92 Å². The zero-order chi connectivity index (χ0) is 13.4. The van der Waals surface area contributed by atoms with Crippen molar-refractivity contribution in [3.8, 4) is 0 Å². The molecule has 19 heavy (non-hydrogen) atoms. The lowest BCUT2D eigenvalue weighted by atomic mass is 9.95. The third kappa shape index (κ3) is 2.02. The van der Waals surface area contributed by atoms with E-state index >= 15 is 0 Å². The molecule has 1 unspecified atom stereocenters. The van der Waals surface area contributed by atoms with Gasteiger partial charge >= 0.3 is 0 Å². The van der Waals surface area contributed by atoms with Gasteiger partial charge in [0.25, 0.3) is 0 Å². The summed E-state index contributed by atoms with van der Waals surface area (Å²) in [6.45, 7) is 0. The molecule has 1 aliphatic rings. The minimum atomic E-state index is -0.613. The molecule has 0 radical (unpaired) electrons.